The number of fused-ring (bicyclic) bond motifs is 2. The van der Waals surface area contributed by atoms with Crippen molar-refractivity contribution in [3.05, 3.63) is 29.3 Å². The van der Waals surface area contributed by atoms with Gasteiger partial charge in [0.2, 0.25) is 0 Å². The van der Waals surface area contributed by atoms with Gasteiger partial charge in [-0.3, -0.25) is 4.90 Å². The molecule has 1 heterocycles. The lowest BCUT2D eigenvalue weighted by molar-refractivity contribution is 0.226. The maximum Gasteiger partial charge on any atom is 0.0354 e. The highest BCUT2D eigenvalue weighted by Gasteiger charge is 2.40. The predicted octanol–water partition coefficient (Wildman–Crippen LogP) is 2.99. The molecule has 1 saturated heterocycles. The zero-order chi connectivity index (χ0) is 12.1. The first-order chi connectivity index (χ1) is 8.81. The molecule has 4 rings (SSSR count). The average Bonchev–Trinajstić information content (AvgIpc) is 2.98. The molecule has 3 unspecified atom stereocenters. The Balaban J connectivity index is 1.58. The zero-order valence-corrected chi connectivity index (χ0v) is 10.9. The summed E-state index contributed by atoms with van der Waals surface area (Å²) in [6, 6.07) is 7.22. The Morgan fingerprint density at radius 1 is 1.06 bits per heavy atom. The zero-order valence-electron chi connectivity index (χ0n) is 10.9. The molecular weight excluding hydrogens is 220 g/mol. The number of anilines is 1. The smallest absolute Gasteiger partial charge is 0.0354 e. The van der Waals surface area contributed by atoms with Gasteiger partial charge in [0.25, 0.3) is 0 Å². The first-order valence-electron chi connectivity index (χ1n) is 7.43. The molecule has 2 fully saturated rings. The number of hydrogen-bond acceptors (Lipinski definition) is 2. The second-order valence-electron chi connectivity index (χ2n) is 6.42. The van der Waals surface area contributed by atoms with Gasteiger partial charge < -0.3 is 5.73 Å². The van der Waals surface area contributed by atoms with Gasteiger partial charge in [-0.1, -0.05) is 12.5 Å². The maximum atomic E-state index is 5.89. The van der Waals surface area contributed by atoms with Crippen LogP contribution in [0.3, 0.4) is 0 Å². The van der Waals surface area contributed by atoms with Crippen LogP contribution >= 0.6 is 0 Å². The summed E-state index contributed by atoms with van der Waals surface area (Å²) in [7, 11) is 0. The number of benzene rings is 1. The summed E-state index contributed by atoms with van der Waals surface area (Å²) < 4.78 is 0. The highest BCUT2D eigenvalue weighted by molar-refractivity contribution is 5.47. The molecule has 2 nitrogen and oxygen atoms in total. The fraction of sp³-hybridized carbons (Fsp3) is 0.625. The van der Waals surface area contributed by atoms with Crippen LogP contribution < -0.4 is 5.73 Å². The molecule has 0 spiro atoms. The quantitative estimate of drug-likeness (QED) is 0.767. The molecule has 0 amide bonds. The molecule has 3 atom stereocenters. The third kappa shape index (κ3) is 1.58. The van der Waals surface area contributed by atoms with E-state index in [-0.39, 0.29) is 0 Å². The second-order valence-corrected chi connectivity index (χ2v) is 6.42. The number of nitrogens with two attached hydrogens (primary N) is 1. The molecule has 18 heavy (non-hydrogen) atoms. The van der Waals surface area contributed by atoms with Crippen molar-refractivity contribution in [2.75, 3.05) is 18.8 Å². The number of likely N-dealkylation sites (tertiary alicyclic amines) is 1. The number of nitrogens with zero attached hydrogens (tertiary/aromatic N) is 1. The summed E-state index contributed by atoms with van der Waals surface area (Å²) in [5, 5.41) is 0. The summed E-state index contributed by atoms with van der Waals surface area (Å²) in [6.07, 6.45) is 6.95. The SMILES string of the molecule is Nc1ccc2c(c1)CCC2N1CC2CCCC2C1. The van der Waals surface area contributed by atoms with Crippen molar-refractivity contribution >= 4 is 5.69 Å². The first kappa shape index (κ1) is 10.9. The van der Waals surface area contributed by atoms with Crippen molar-refractivity contribution < 1.29 is 0 Å². The maximum absolute atomic E-state index is 5.89. The monoisotopic (exact) mass is 242 g/mol. The Bertz CT molecular complexity index is 456. The number of rotatable bonds is 1. The van der Waals surface area contributed by atoms with Crippen LogP contribution in [-0.4, -0.2) is 18.0 Å². The topological polar surface area (TPSA) is 29.3 Å². The summed E-state index contributed by atoms with van der Waals surface area (Å²) in [6.45, 7) is 2.69. The first-order valence-corrected chi connectivity index (χ1v) is 7.43. The summed E-state index contributed by atoms with van der Waals surface area (Å²) in [5.41, 5.74) is 9.87. The van der Waals surface area contributed by atoms with Crippen LogP contribution in [-0.2, 0) is 6.42 Å². The lowest BCUT2D eigenvalue weighted by Gasteiger charge is -2.25. The van der Waals surface area contributed by atoms with Gasteiger partial charge in [0, 0.05) is 24.8 Å². The van der Waals surface area contributed by atoms with Gasteiger partial charge in [-0.25, -0.2) is 0 Å². The van der Waals surface area contributed by atoms with Gasteiger partial charge in [0.1, 0.15) is 0 Å². The van der Waals surface area contributed by atoms with Crippen LogP contribution in [0.1, 0.15) is 42.9 Å². The minimum atomic E-state index is 0.686. The van der Waals surface area contributed by atoms with E-state index >= 15 is 0 Å². The molecule has 3 aliphatic rings. The van der Waals surface area contributed by atoms with E-state index in [4.69, 9.17) is 5.73 Å². The fourth-order valence-corrected chi connectivity index (χ4v) is 4.52. The number of nitrogen functional groups attached to an aromatic ring is 1. The van der Waals surface area contributed by atoms with E-state index in [0.717, 1.165) is 17.5 Å². The lowest BCUT2D eigenvalue weighted by atomic mass is 10.0. The van der Waals surface area contributed by atoms with Gasteiger partial charge in [-0.2, -0.15) is 0 Å². The molecule has 1 aromatic rings. The van der Waals surface area contributed by atoms with Gasteiger partial charge >= 0.3 is 0 Å². The van der Waals surface area contributed by atoms with Crippen LogP contribution in [0, 0.1) is 11.8 Å². The largest absolute Gasteiger partial charge is 0.399 e. The minimum absolute atomic E-state index is 0.686. The molecule has 0 aromatic heterocycles. The van der Waals surface area contributed by atoms with E-state index in [2.05, 4.69) is 23.1 Å². The number of hydrogen-bond donors (Lipinski definition) is 1. The molecule has 0 radical (unpaired) electrons. The lowest BCUT2D eigenvalue weighted by Crippen LogP contribution is -2.25. The van der Waals surface area contributed by atoms with E-state index < -0.39 is 0 Å². The van der Waals surface area contributed by atoms with Crippen molar-refractivity contribution in [1.82, 2.24) is 4.90 Å². The van der Waals surface area contributed by atoms with Crippen molar-refractivity contribution in [3.63, 3.8) is 0 Å². The Labute approximate surface area is 109 Å². The molecule has 0 bridgehead atoms. The van der Waals surface area contributed by atoms with Crippen LogP contribution in [0.2, 0.25) is 0 Å². The van der Waals surface area contributed by atoms with Crippen LogP contribution in [0.25, 0.3) is 0 Å². The van der Waals surface area contributed by atoms with E-state index in [1.54, 1.807) is 5.56 Å². The van der Waals surface area contributed by atoms with Gasteiger partial charge in [-0.15, -0.1) is 0 Å². The second kappa shape index (κ2) is 3.99. The van der Waals surface area contributed by atoms with Crippen molar-refractivity contribution in [3.8, 4) is 0 Å². The Morgan fingerprint density at radius 2 is 1.83 bits per heavy atom. The summed E-state index contributed by atoms with van der Waals surface area (Å²) in [4.78, 5) is 2.76. The third-order valence-corrected chi connectivity index (χ3v) is 5.41. The normalized spacial score (nSPS) is 34.8. The molecule has 96 valence electrons. The van der Waals surface area contributed by atoms with E-state index in [1.807, 2.05) is 0 Å². The Hall–Kier alpha value is -1.02. The summed E-state index contributed by atoms with van der Waals surface area (Å²) >= 11 is 0. The Morgan fingerprint density at radius 3 is 2.61 bits per heavy atom. The van der Waals surface area contributed by atoms with Crippen LogP contribution in [0.4, 0.5) is 5.69 Å². The highest BCUT2D eigenvalue weighted by Crippen LogP contribution is 2.44. The molecule has 2 heteroatoms. The van der Waals surface area contributed by atoms with Crippen LogP contribution in [0.15, 0.2) is 18.2 Å². The third-order valence-electron chi connectivity index (χ3n) is 5.41. The van der Waals surface area contributed by atoms with Crippen LogP contribution in [0.5, 0.6) is 0 Å². The number of aryl methyl sites for hydroxylation is 1. The molecular formula is C16H22N2. The van der Waals surface area contributed by atoms with E-state index in [9.17, 15) is 0 Å². The van der Waals surface area contributed by atoms with Crippen molar-refractivity contribution in [2.45, 2.75) is 38.1 Å². The standard InChI is InChI=1S/C16H22N2/c17-14-5-6-15-11(8-14)4-7-16(15)18-9-12-2-1-3-13(12)10-18/h5-6,8,12-13,16H,1-4,7,9-10,17H2. The predicted molar refractivity (Wildman–Crippen MR) is 74.3 cm³/mol. The molecule has 1 saturated carbocycles. The molecule has 2 aliphatic carbocycles. The fourth-order valence-electron chi connectivity index (χ4n) is 4.52. The van der Waals surface area contributed by atoms with Crippen molar-refractivity contribution in [1.29, 1.82) is 0 Å². The van der Waals surface area contributed by atoms with Gasteiger partial charge in [0.05, 0.1) is 0 Å². The van der Waals surface area contributed by atoms with Crippen molar-refractivity contribution in [2.24, 2.45) is 11.8 Å². The Kier molecular flexibility index (Phi) is 2.41. The van der Waals surface area contributed by atoms with E-state index in [0.29, 0.717) is 6.04 Å². The van der Waals surface area contributed by atoms with Gasteiger partial charge in [0.15, 0.2) is 0 Å². The summed E-state index contributed by atoms with van der Waals surface area (Å²) in [5.74, 6) is 2.01. The molecule has 2 N–H and O–H groups in total. The molecule has 1 aliphatic heterocycles. The van der Waals surface area contributed by atoms with Gasteiger partial charge in [-0.05, 0) is 60.8 Å². The molecule has 1 aromatic carbocycles. The highest BCUT2D eigenvalue weighted by atomic mass is 15.2. The minimum Gasteiger partial charge on any atom is -0.399 e. The van der Waals surface area contributed by atoms with E-state index in [1.165, 1.54) is 50.8 Å². The average molecular weight is 242 g/mol.